The summed E-state index contributed by atoms with van der Waals surface area (Å²) in [5.74, 6) is 0.127. The third-order valence-electron chi connectivity index (χ3n) is 6.25. The van der Waals surface area contributed by atoms with Crippen molar-refractivity contribution in [2.75, 3.05) is 5.75 Å². The number of benzene rings is 2. The Morgan fingerprint density at radius 2 is 1.76 bits per heavy atom. The predicted octanol–water partition coefficient (Wildman–Crippen LogP) is 6.43. The van der Waals surface area contributed by atoms with E-state index in [1.54, 1.807) is 31.5 Å². The number of hydrogen-bond acceptors (Lipinski definition) is 5. The van der Waals surface area contributed by atoms with Gasteiger partial charge >= 0.3 is 0 Å². The number of nitriles is 1. The van der Waals surface area contributed by atoms with Gasteiger partial charge in [-0.05, 0) is 68.9 Å². The number of unbranched alkanes of at least 4 members (excludes halogenated alkanes) is 1. The summed E-state index contributed by atoms with van der Waals surface area (Å²) in [7, 11) is 0. The molecule has 37 heavy (non-hydrogen) atoms. The molecule has 0 saturated heterocycles. The van der Waals surface area contributed by atoms with Crippen molar-refractivity contribution < 1.29 is 9.59 Å². The van der Waals surface area contributed by atoms with Gasteiger partial charge in [0.05, 0.1) is 11.4 Å². The molecule has 0 fully saturated rings. The number of thioether (sulfide) groups is 1. The zero-order valence-corrected chi connectivity index (χ0v) is 22.4. The lowest BCUT2D eigenvalue weighted by molar-refractivity contribution is -0.142. The number of nitrogens with zero attached hydrogens (tertiary/aromatic N) is 4. The summed E-state index contributed by atoms with van der Waals surface area (Å²) in [6.45, 7) is 7.37. The largest absolute Gasteiger partial charge is 0.271 e. The monoisotopic (exact) mass is 510 g/mol. The molecule has 188 valence electrons. The summed E-state index contributed by atoms with van der Waals surface area (Å²) in [6.07, 6.45) is 5.97. The van der Waals surface area contributed by atoms with Gasteiger partial charge in [0.2, 0.25) is 0 Å². The molecular formula is C30H30N4O2S. The Balaban J connectivity index is 1.84. The van der Waals surface area contributed by atoms with E-state index in [1.807, 2.05) is 66.5 Å². The number of carbonyl (C=O) groups is 2. The number of para-hydroxylation sites is 1. The second kappa shape index (κ2) is 11.4. The predicted molar refractivity (Wildman–Crippen MR) is 148 cm³/mol. The number of carbonyl (C=O) groups excluding carboxylic acids is 2. The van der Waals surface area contributed by atoms with Gasteiger partial charge in [0, 0.05) is 33.8 Å². The average Bonchev–Trinajstić information content (AvgIpc) is 3.32. The molecule has 0 bridgehead atoms. The lowest BCUT2D eigenvalue weighted by atomic mass is 9.92. The van der Waals surface area contributed by atoms with Gasteiger partial charge in [-0.2, -0.15) is 10.4 Å². The van der Waals surface area contributed by atoms with Crippen molar-refractivity contribution in [2.24, 2.45) is 0 Å². The molecule has 7 heteroatoms. The van der Waals surface area contributed by atoms with E-state index in [0.717, 1.165) is 27.5 Å². The van der Waals surface area contributed by atoms with Crippen LogP contribution in [0.4, 0.5) is 0 Å². The highest BCUT2D eigenvalue weighted by molar-refractivity contribution is 7.99. The smallest absolute Gasteiger partial charge is 0.271 e. The number of hydrogen-bond donors (Lipinski definition) is 0. The maximum atomic E-state index is 13.4. The molecule has 2 heterocycles. The SMILES string of the molecule is CCCCSc1ccc(-c2nn(-c3ccccc3)cc2/C=C2/C(=O)N(C(C)C)C(=O)C(C#N)=C2C)cc1. The van der Waals surface area contributed by atoms with Gasteiger partial charge in [-0.3, -0.25) is 14.5 Å². The second-order valence-corrected chi connectivity index (χ2v) is 10.4. The summed E-state index contributed by atoms with van der Waals surface area (Å²) in [5, 5.41) is 14.5. The van der Waals surface area contributed by atoms with Crippen LogP contribution in [0.25, 0.3) is 23.0 Å². The first-order chi connectivity index (χ1) is 17.8. The molecule has 0 atom stereocenters. The van der Waals surface area contributed by atoms with Crippen molar-refractivity contribution in [1.82, 2.24) is 14.7 Å². The molecule has 2 aromatic carbocycles. The van der Waals surface area contributed by atoms with Crippen molar-refractivity contribution in [3.05, 3.63) is 83.1 Å². The lowest BCUT2D eigenvalue weighted by Crippen LogP contribution is -2.46. The third-order valence-corrected chi connectivity index (χ3v) is 7.34. The molecule has 4 rings (SSSR count). The Morgan fingerprint density at radius 3 is 2.38 bits per heavy atom. The van der Waals surface area contributed by atoms with Crippen molar-refractivity contribution in [2.45, 2.75) is 51.5 Å². The van der Waals surface area contributed by atoms with E-state index in [1.165, 1.54) is 17.7 Å². The van der Waals surface area contributed by atoms with Crippen LogP contribution in [-0.4, -0.2) is 38.3 Å². The molecule has 6 nitrogen and oxygen atoms in total. The van der Waals surface area contributed by atoms with Crippen molar-refractivity contribution in [3.8, 4) is 23.0 Å². The Labute approximate surface area is 222 Å². The fourth-order valence-electron chi connectivity index (χ4n) is 4.20. The van der Waals surface area contributed by atoms with E-state index in [9.17, 15) is 14.9 Å². The van der Waals surface area contributed by atoms with E-state index in [-0.39, 0.29) is 11.6 Å². The van der Waals surface area contributed by atoms with Crippen LogP contribution >= 0.6 is 11.8 Å². The fraction of sp³-hybridized carbons (Fsp3) is 0.267. The van der Waals surface area contributed by atoms with Gasteiger partial charge < -0.3 is 0 Å². The minimum atomic E-state index is -0.548. The normalized spacial score (nSPS) is 15.1. The molecule has 0 saturated carbocycles. The highest BCUT2D eigenvalue weighted by atomic mass is 32.2. The maximum absolute atomic E-state index is 13.4. The van der Waals surface area contributed by atoms with E-state index in [2.05, 4.69) is 19.1 Å². The van der Waals surface area contributed by atoms with Crippen LogP contribution in [0.2, 0.25) is 0 Å². The lowest BCUT2D eigenvalue weighted by Gasteiger charge is -2.30. The summed E-state index contributed by atoms with van der Waals surface area (Å²) < 4.78 is 1.79. The fourth-order valence-corrected chi connectivity index (χ4v) is 5.19. The second-order valence-electron chi connectivity index (χ2n) is 9.18. The molecular weight excluding hydrogens is 480 g/mol. The molecule has 0 unspecified atom stereocenters. The van der Waals surface area contributed by atoms with Crippen molar-refractivity contribution >= 4 is 29.7 Å². The molecule has 1 aliphatic rings. The third kappa shape index (κ3) is 5.45. The number of amides is 2. The molecule has 0 spiro atoms. The first kappa shape index (κ1) is 26.2. The summed E-state index contributed by atoms with van der Waals surface area (Å²) in [6, 6.07) is 19.7. The van der Waals surface area contributed by atoms with Crippen LogP contribution in [-0.2, 0) is 9.59 Å². The molecule has 0 aliphatic carbocycles. The van der Waals surface area contributed by atoms with Gasteiger partial charge in [0.1, 0.15) is 11.6 Å². The Kier molecular flexibility index (Phi) is 8.10. The Bertz CT molecular complexity index is 1410. The van der Waals surface area contributed by atoms with Crippen LogP contribution < -0.4 is 0 Å². The minimum absolute atomic E-state index is 0.00925. The van der Waals surface area contributed by atoms with Gasteiger partial charge in [-0.1, -0.05) is 43.7 Å². The quantitative estimate of drug-likeness (QED) is 0.151. The molecule has 2 amide bonds. The first-order valence-electron chi connectivity index (χ1n) is 12.4. The molecule has 3 aromatic rings. The van der Waals surface area contributed by atoms with E-state index < -0.39 is 11.8 Å². The van der Waals surface area contributed by atoms with E-state index in [4.69, 9.17) is 5.10 Å². The van der Waals surface area contributed by atoms with Crippen molar-refractivity contribution in [3.63, 3.8) is 0 Å². The molecule has 1 aromatic heterocycles. The summed E-state index contributed by atoms with van der Waals surface area (Å²) in [5.41, 5.74) is 3.95. The van der Waals surface area contributed by atoms with Gasteiger partial charge in [0.15, 0.2) is 0 Å². The first-order valence-corrected chi connectivity index (χ1v) is 13.4. The molecule has 1 aliphatic heterocycles. The van der Waals surface area contributed by atoms with Gasteiger partial charge in [-0.15, -0.1) is 11.8 Å². The van der Waals surface area contributed by atoms with E-state index >= 15 is 0 Å². The molecule has 0 radical (unpaired) electrons. The van der Waals surface area contributed by atoms with Crippen LogP contribution in [0.15, 0.2) is 82.4 Å². The Hall–Kier alpha value is -3.89. The summed E-state index contributed by atoms with van der Waals surface area (Å²) in [4.78, 5) is 28.6. The van der Waals surface area contributed by atoms with Crippen molar-refractivity contribution in [1.29, 1.82) is 5.26 Å². The molecule has 0 N–H and O–H groups in total. The van der Waals surface area contributed by atoms with E-state index in [0.29, 0.717) is 16.8 Å². The Morgan fingerprint density at radius 1 is 1.05 bits per heavy atom. The number of aromatic nitrogens is 2. The number of rotatable bonds is 8. The maximum Gasteiger partial charge on any atom is 0.271 e. The van der Waals surface area contributed by atoms with Gasteiger partial charge in [0.25, 0.3) is 11.8 Å². The number of imide groups is 1. The van der Waals surface area contributed by atoms with Crippen LogP contribution in [0, 0.1) is 11.3 Å². The van der Waals surface area contributed by atoms with Crippen LogP contribution in [0.3, 0.4) is 0 Å². The highest BCUT2D eigenvalue weighted by Gasteiger charge is 2.37. The van der Waals surface area contributed by atoms with Crippen LogP contribution in [0.5, 0.6) is 0 Å². The summed E-state index contributed by atoms with van der Waals surface area (Å²) >= 11 is 1.83. The van der Waals surface area contributed by atoms with Crippen LogP contribution in [0.1, 0.15) is 46.1 Å². The standard InChI is InChI=1S/C30H30N4O2S/c1-5-6-16-37-25-14-12-22(13-15-25)28-23(19-33(32-28)24-10-8-7-9-11-24)17-26-21(4)27(18-31)30(36)34(20(2)3)29(26)35/h7-15,17,19-20H,5-6,16H2,1-4H3/b26-17+. The average molecular weight is 511 g/mol. The topological polar surface area (TPSA) is 79.0 Å². The zero-order chi connectivity index (χ0) is 26.5. The highest BCUT2D eigenvalue weighted by Crippen LogP contribution is 2.32. The minimum Gasteiger partial charge on any atom is -0.271 e. The van der Waals surface area contributed by atoms with Gasteiger partial charge in [-0.25, -0.2) is 4.68 Å². The zero-order valence-electron chi connectivity index (χ0n) is 21.6.